The average Bonchev–Trinajstić information content (AvgIpc) is 2.84. The molecule has 2 rings (SSSR count). The third-order valence-electron chi connectivity index (χ3n) is 2.55. The second-order valence-electron chi connectivity index (χ2n) is 3.95. The summed E-state index contributed by atoms with van der Waals surface area (Å²) in [5.74, 6) is -1.13. The summed E-state index contributed by atoms with van der Waals surface area (Å²) in [6.45, 7) is 3.51. The summed E-state index contributed by atoms with van der Waals surface area (Å²) < 4.78 is 20.4. The van der Waals surface area contributed by atoms with Gasteiger partial charge in [0.25, 0.3) is 5.76 Å². The van der Waals surface area contributed by atoms with Crippen LogP contribution < -0.4 is 4.74 Å². The second-order valence-corrected chi connectivity index (χ2v) is 3.95. The van der Waals surface area contributed by atoms with Gasteiger partial charge in [0.2, 0.25) is 0 Å². The van der Waals surface area contributed by atoms with Crippen LogP contribution in [0.25, 0.3) is 11.0 Å². The quantitative estimate of drug-likeness (QED) is 0.752. The number of furan rings is 1. The van der Waals surface area contributed by atoms with Crippen molar-refractivity contribution in [1.82, 2.24) is 4.98 Å². The normalized spacial score (nSPS) is 10.4. The highest BCUT2D eigenvalue weighted by atomic mass is 16.6. The third-order valence-corrected chi connectivity index (χ3v) is 2.55. The monoisotopic (exact) mass is 293 g/mol. The Morgan fingerprint density at radius 3 is 2.71 bits per heavy atom. The van der Waals surface area contributed by atoms with Gasteiger partial charge in [-0.1, -0.05) is 0 Å². The smallest absolute Gasteiger partial charge is 0.378 e. The van der Waals surface area contributed by atoms with E-state index in [1.165, 1.54) is 12.4 Å². The highest BCUT2D eigenvalue weighted by Gasteiger charge is 2.24. The minimum Gasteiger partial charge on any atom is -0.477 e. The molecule has 0 aliphatic rings. The Labute approximate surface area is 120 Å². The molecule has 0 saturated carbocycles. The first-order valence-electron chi connectivity index (χ1n) is 6.49. The number of hydrogen-bond donors (Lipinski definition) is 0. The second kappa shape index (κ2) is 6.74. The number of nitrogens with zero attached hydrogens (tertiary/aromatic N) is 1. The number of hydrogen-bond acceptors (Lipinski definition) is 7. The lowest BCUT2D eigenvalue weighted by Crippen LogP contribution is -2.15. The van der Waals surface area contributed by atoms with Crippen molar-refractivity contribution in [2.24, 2.45) is 0 Å². The van der Waals surface area contributed by atoms with E-state index in [9.17, 15) is 9.59 Å². The van der Waals surface area contributed by atoms with Crippen molar-refractivity contribution in [2.45, 2.75) is 13.8 Å². The first-order chi connectivity index (χ1) is 10.2. The summed E-state index contributed by atoms with van der Waals surface area (Å²) >= 11 is 0. The third kappa shape index (κ3) is 3.31. The Morgan fingerprint density at radius 2 is 2.00 bits per heavy atom. The first kappa shape index (κ1) is 14.8. The maximum atomic E-state index is 11.9. The van der Waals surface area contributed by atoms with Crippen molar-refractivity contribution < 1.29 is 28.2 Å². The zero-order valence-corrected chi connectivity index (χ0v) is 11.8. The van der Waals surface area contributed by atoms with Crippen molar-refractivity contribution in [3.8, 4) is 5.75 Å². The maximum absolute atomic E-state index is 11.9. The van der Waals surface area contributed by atoms with E-state index < -0.39 is 11.9 Å². The fraction of sp³-hybridized carbons (Fsp3) is 0.357. The molecule has 0 amide bonds. The molecule has 0 saturated heterocycles. The van der Waals surface area contributed by atoms with Crippen LogP contribution in [-0.2, 0) is 14.3 Å². The zero-order valence-electron chi connectivity index (χ0n) is 11.8. The Bertz CT molecular complexity index is 648. The van der Waals surface area contributed by atoms with Crippen molar-refractivity contribution in [2.75, 3.05) is 19.8 Å². The highest BCUT2D eigenvalue weighted by Crippen LogP contribution is 2.33. The molecule has 0 aromatic carbocycles. The van der Waals surface area contributed by atoms with Crippen LogP contribution >= 0.6 is 0 Å². The number of pyridine rings is 1. The predicted octanol–water partition coefficient (Wildman–Crippen LogP) is 1.95. The fourth-order valence-corrected chi connectivity index (χ4v) is 1.74. The lowest BCUT2D eigenvalue weighted by molar-refractivity contribution is -0.145. The SMILES string of the molecule is CCOC(=O)COc1c(C(=O)OCC)oc2cnccc12. The molecule has 0 unspecified atom stereocenters. The van der Waals surface area contributed by atoms with Gasteiger partial charge < -0.3 is 18.6 Å². The van der Waals surface area contributed by atoms with E-state index in [-0.39, 0.29) is 31.3 Å². The molecule has 2 aromatic rings. The summed E-state index contributed by atoms with van der Waals surface area (Å²) in [6, 6.07) is 1.63. The van der Waals surface area contributed by atoms with Crippen molar-refractivity contribution in [1.29, 1.82) is 0 Å². The van der Waals surface area contributed by atoms with Crippen molar-refractivity contribution in [3.05, 3.63) is 24.2 Å². The minimum absolute atomic E-state index is 0.0934. The van der Waals surface area contributed by atoms with Crippen molar-refractivity contribution in [3.63, 3.8) is 0 Å². The van der Waals surface area contributed by atoms with Crippen LogP contribution in [0.4, 0.5) is 0 Å². The molecule has 0 spiro atoms. The van der Waals surface area contributed by atoms with Gasteiger partial charge in [0, 0.05) is 6.20 Å². The van der Waals surface area contributed by atoms with Gasteiger partial charge in [-0.2, -0.15) is 0 Å². The number of fused-ring (bicyclic) bond motifs is 1. The van der Waals surface area contributed by atoms with E-state index in [2.05, 4.69) is 4.98 Å². The lowest BCUT2D eigenvalue weighted by Gasteiger charge is -2.06. The maximum Gasteiger partial charge on any atom is 0.378 e. The van der Waals surface area contributed by atoms with Crippen LogP contribution in [0.1, 0.15) is 24.4 Å². The molecule has 0 atom stereocenters. The van der Waals surface area contributed by atoms with E-state index in [0.717, 1.165) is 0 Å². The lowest BCUT2D eigenvalue weighted by atomic mass is 10.3. The molecule has 21 heavy (non-hydrogen) atoms. The van der Waals surface area contributed by atoms with Gasteiger partial charge >= 0.3 is 11.9 Å². The standard InChI is InChI=1S/C14H15NO6/c1-3-18-11(16)8-20-12-9-5-6-15-7-10(9)21-13(12)14(17)19-4-2/h5-7H,3-4,8H2,1-2H3. The molecule has 0 fully saturated rings. The molecule has 0 N–H and O–H groups in total. The molecular formula is C14H15NO6. The number of carbonyl (C=O) groups excluding carboxylic acids is 2. The summed E-state index contributed by atoms with van der Waals surface area (Å²) in [4.78, 5) is 27.2. The van der Waals surface area contributed by atoms with E-state index in [1.807, 2.05) is 0 Å². The summed E-state index contributed by atoms with van der Waals surface area (Å²) in [5.41, 5.74) is 0.374. The molecule has 0 aliphatic heterocycles. The minimum atomic E-state index is -0.660. The van der Waals surface area contributed by atoms with Gasteiger partial charge in [-0.25, -0.2) is 9.59 Å². The predicted molar refractivity (Wildman–Crippen MR) is 72.1 cm³/mol. The van der Waals surface area contributed by atoms with Crippen molar-refractivity contribution >= 4 is 22.9 Å². The number of ether oxygens (including phenoxy) is 3. The van der Waals surface area contributed by atoms with Gasteiger partial charge in [0.1, 0.15) is 0 Å². The molecule has 0 bridgehead atoms. The molecule has 0 radical (unpaired) electrons. The Hall–Kier alpha value is -2.57. The van der Waals surface area contributed by atoms with Gasteiger partial charge in [0.05, 0.1) is 24.8 Å². The molecule has 2 heterocycles. The number of aromatic nitrogens is 1. The Morgan fingerprint density at radius 1 is 1.24 bits per heavy atom. The molecule has 7 nitrogen and oxygen atoms in total. The molecule has 7 heteroatoms. The van der Waals surface area contributed by atoms with Gasteiger partial charge in [0.15, 0.2) is 17.9 Å². The van der Waals surface area contributed by atoms with Gasteiger partial charge in [-0.05, 0) is 19.9 Å². The molecule has 0 aliphatic carbocycles. The van der Waals surface area contributed by atoms with E-state index in [4.69, 9.17) is 18.6 Å². The molecular weight excluding hydrogens is 278 g/mol. The molecule has 112 valence electrons. The van der Waals surface area contributed by atoms with Gasteiger partial charge in [-0.15, -0.1) is 0 Å². The zero-order chi connectivity index (χ0) is 15.2. The van der Waals surface area contributed by atoms with Crippen LogP contribution in [0.2, 0.25) is 0 Å². The Kier molecular flexibility index (Phi) is 4.76. The van der Waals surface area contributed by atoms with Crippen LogP contribution in [0.5, 0.6) is 5.75 Å². The number of esters is 2. The molecule has 2 aromatic heterocycles. The number of rotatable bonds is 6. The first-order valence-corrected chi connectivity index (χ1v) is 6.49. The largest absolute Gasteiger partial charge is 0.477 e. The summed E-state index contributed by atoms with van der Waals surface area (Å²) in [5, 5.41) is 0.539. The topological polar surface area (TPSA) is 87.9 Å². The van der Waals surface area contributed by atoms with Crippen LogP contribution in [0.3, 0.4) is 0 Å². The highest BCUT2D eigenvalue weighted by molar-refractivity contribution is 5.98. The average molecular weight is 293 g/mol. The van der Waals surface area contributed by atoms with Crippen LogP contribution in [-0.4, -0.2) is 36.7 Å². The van der Waals surface area contributed by atoms with E-state index >= 15 is 0 Å². The van der Waals surface area contributed by atoms with Crippen LogP contribution in [0, 0.1) is 0 Å². The van der Waals surface area contributed by atoms with Crippen LogP contribution in [0.15, 0.2) is 22.9 Å². The fourth-order valence-electron chi connectivity index (χ4n) is 1.74. The number of carbonyl (C=O) groups is 2. The summed E-state index contributed by atoms with van der Waals surface area (Å²) in [6.07, 6.45) is 2.99. The summed E-state index contributed by atoms with van der Waals surface area (Å²) in [7, 11) is 0. The van der Waals surface area contributed by atoms with E-state index in [1.54, 1.807) is 19.9 Å². The van der Waals surface area contributed by atoms with Gasteiger partial charge in [-0.3, -0.25) is 4.98 Å². The van der Waals surface area contributed by atoms with E-state index in [0.29, 0.717) is 11.0 Å². The Balaban J connectivity index is 2.31.